The summed E-state index contributed by atoms with van der Waals surface area (Å²) in [6, 6.07) is 22.7. The molecule has 1 fully saturated rings. The first-order chi connectivity index (χ1) is 15.1. The van der Waals surface area contributed by atoms with Gasteiger partial charge in [0.05, 0.1) is 5.52 Å². The second-order valence-corrected chi connectivity index (χ2v) is 8.60. The standard InChI is InChI=1S/C26H25ClN4/c1-18-7-12-24(19(2)17-18)30-13-15-31(16-14-30)26-22-5-3-4-6-23(22)28-25(29-26)20-8-10-21(27)11-9-20/h3-12,17H,13-16H2,1-2H3. The van der Waals surface area contributed by atoms with Crippen LogP contribution in [0.25, 0.3) is 22.3 Å². The van der Waals surface area contributed by atoms with Crippen molar-refractivity contribution in [2.75, 3.05) is 36.0 Å². The molecule has 0 unspecified atom stereocenters. The Morgan fingerprint density at radius 2 is 1.48 bits per heavy atom. The van der Waals surface area contributed by atoms with Gasteiger partial charge in [0.25, 0.3) is 0 Å². The number of hydrogen-bond donors (Lipinski definition) is 0. The predicted molar refractivity (Wildman–Crippen MR) is 130 cm³/mol. The number of anilines is 2. The SMILES string of the molecule is Cc1ccc(N2CCN(c3nc(-c4ccc(Cl)cc4)nc4ccccc34)CC2)c(C)c1. The molecular formula is C26H25ClN4. The van der Waals surface area contributed by atoms with Crippen LogP contribution in [0, 0.1) is 13.8 Å². The maximum atomic E-state index is 6.08. The minimum atomic E-state index is 0.715. The molecule has 1 aromatic heterocycles. The van der Waals surface area contributed by atoms with E-state index in [2.05, 4.69) is 60.0 Å². The van der Waals surface area contributed by atoms with Crippen molar-refractivity contribution in [1.29, 1.82) is 0 Å². The Labute approximate surface area is 188 Å². The van der Waals surface area contributed by atoms with Gasteiger partial charge in [-0.15, -0.1) is 0 Å². The highest BCUT2D eigenvalue weighted by atomic mass is 35.5. The van der Waals surface area contributed by atoms with E-state index in [1.165, 1.54) is 16.8 Å². The maximum Gasteiger partial charge on any atom is 0.162 e. The highest BCUT2D eigenvalue weighted by Crippen LogP contribution is 2.30. The van der Waals surface area contributed by atoms with Crippen LogP contribution >= 0.6 is 11.6 Å². The molecule has 1 aliphatic heterocycles. The number of nitrogens with zero attached hydrogens (tertiary/aromatic N) is 4. The third-order valence-electron chi connectivity index (χ3n) is 5.96. The second kappa shape index (κ2) is 8.20. The fraction of sp³-hybridized carbons (Fsp3) is 0.231. The van der Waals surface area contributed by atoms with Gasteiger partial charge in [0.2, 0.25) is 0 Å². The largest absolute Gasteiger partial charge is 0.368 e. The smallest absolute Gasteiger partial charge is 0.162 e. The zero-order valence-electron chi connectivity index (χ0n) is 17.8. The van der Waals surface area contributed by atoms with E-state index in [1.54, 1.807) is 0 Å². The number of hydrogen-bond acceptors (Lipinski definition) is 4. The van der Waals surface area contributed by atoms with Gasteiger partial charge in [0.1, 0.15) is 5.82 Å². The molecule has 1 saturated heterocycles. The topological polar surface area (TPSA) is 32.3 Å². The van der Waals surface area contributed by atoms with Gasteiger partial charge < -0.3 is 9.80 Å². The molecule has 0 saturated carbocycles. The molecule has 3 aromatic carbocycles. The number of halogens is 1. The third-order valence-corrected chi connectivity index (χ3v) is 6.21. The molecule has 0 spiro atoms. The van der Waals surface area contributed by atoms with Gasteiger partial charge in [-0.25, -0.2) is 9.97 Å². The van der Waals surface area contributed by atoms with Crippen molar-refractivity contribution in [2.24, 2.45) is 0 Å². The number of fused-ring (bicyclic) bond motifs is 1. The van der Waals surface area contributed by atoms with Gasteiger partial charge in [-0.05, 0) is 61.9 Å². The van der Waals surface area contributed by atoms with Crippen LogP contribution < -0.4 is 9.80 Å². The van der Waals surface area contributed by atoms with Gasteiger partial charge in [-0.3, -0.25) is 0 Å². The van der Waals surface area contributed by atoms with Crippen molar-refractivity contribution >= 4 is 34.0 Å². The third kappa shape index (κ3) is 3.96. The fourth-order valence-corrected chi connectivity index (χ4v) is 4.47. The lowest BCUT2D eigenvalue weighted by Crippen LogP contribution is -2.47. The van der Waals surface area contributed by atoms with Gasteiger partial charge in [-0.1, -0.05) is 41.4 Å². The summed E-state index contributed by atoms with van der Waals surface area (Å²) in [6.07, 6.45) is 0. The van der Waals surface area contributed by atoms with E-state index in [0.29, 0.717) is 5.02 Å². The predicted octanol–water partition coefficient (Wildman–Crippen LogP) is 5.89. The lowest BCUT2D eigenvalue weighted by Gasteiger charge is -2.38. The van der Waals surface area contributed by atoms with Crippen molar-refractivity contribution in [1.82, 2.24) is 9.97 Å². The molecular weight excluding hydrogens is 404 g/mol. The number of para-hydroxylation sites is 1. The van der Waals surface area contributed by atoms with E-state index in [0.717, 1.165) is 54.3 Å². The summed E-state index contributed by atoms with van der Waals surface area (Å²) in [5.74, 6) is 1.75. The molecule has 4 nitrogen and oxygen atoms in total. The molecule has 156 valence electrons. The van der Waals surface area contributed by atoms with Crippen LogP contribution in [0.3, 0.4) is 0 Å². The number of aryl methyl sites for hydroxylation is 2. The van der Waals surface area contributed by atoms with Crippen LogP contribution in [-0.2, 0) is 0 Å². The first-order valence-corrected chi connectivity index (χ1v) is 11.1. The van der Waals surface area contributed by atoms with Gasteiger partial charge in [0.15, 0.2) is 5.82 Å². The highest BCUT2D eigenvalue weighted by Gasteiger charge is 2.22. The Balaban J connectivity index is 1.46. The number of aromatic nitrogens is 2. The quantitative estimate of drug-likeness (QED) is 0.407. The molecule has 2 heterocycles. The number of rotatable bonds is 3. The molecule has 0 bridgehead atoms. The molecule has 4 aromatic rings. The molecule has 5 rings (SSSR count). The average Bonchev–Trinajstić information content (AvgIpc) is 2.79. The monoisotopic (exact) mass is 428 g/mol. The Bertz CT molecular complexity index is 1230. The number of piperazine rings is 1. The van der Waals surface area contributed by atoms with Crippen molar-refractivity contribution < 1.29 is 0 Å². The Morgan fingerprint density at radius 1 is 0.774 bits per heavy atom. The van der Waals surface area contributed by atoms with Crippen LogP contribution in [0.5, 0.6) is 0 Å². The maximum absolute atomic E-state index is 6.08. The van der Waals surface area contributed by atoms with Gasteiger partial charge >= 0.3 is 0 Å². The Morgan fingerprint density at radius 3 is 2.23 bits per heavy atom. The van der Waals surface area contributed by atoms with Crippen molar-refractivity contribution in [3.8, 4) is 11.4 Å². The van der Waals surface area contributed by atoms with E-state index < -0.39 is 0 Å². The minimum Gasteiger partial charge on any atom is -0.368 e. The van der Waals surface area contributed by atoms with Crippen LogP contribution in [0.2, 0.25) is 5.02 Å². The fourth-order valence-electron chi connectivity index (χ4n) is 4.35. The summed E-state index contributed by atoms with van der Waals surface area (Å²) < 4.78 is 0. The Hall–Kier alpha value is -3.11. The summed E-state index contributed by atoms with van der Waals surface area (Å²) in [5, 5.41) is 1.81. The summed E-state index contributed by atoms with van der Waals surface area (Å²) >= 11 is 6.08. The van der Waals surface area contributed by atoms with Crippen molar-refractivity contribution in [2.45, 2.75) is 13.8 Å². The molecule has 31 heavy (non-hydrogen) atoms. The highest BCUT2D eigenvalue weighted by molar-refractivity contribution is 6.30. The zero-order chi connectivity index (χ0) is 21.4. The van der Waals surface area contributed by atoms with E-state index in [4.69, 9.17) is 21.6 Å². The molecule has 5 heteroatoms. The first kappa shape index (κ1) is 19.8. The lowest BCUT2D eigenvalue weighted by atomic mass is 10.1. The normalized spacial score (nSPS) is 14.3. The average molecular weight is 429 g/mol. The minimum absolute atomic E-state index is 0.715. The van der Waals surface area contributed by atoms with Crippen molar-refractivity contribution in [3.05, 3.63) is 82.9 Å². The van der Waals surface area contributed by atoms with E-state index in [9.17, 15) is 0 Å². The molecule has 0 radical (unpaired) electrons. The van der Waals surface area contributed by atoms with E-state index in [-0.39, 0.29) is 0 Å². The molecule has 0 atom stereocenters. The molecule has 0 N–H and O–H groups in total. The first-order valence-electron chi connectivity index (χ1n) is 10.7. The van der Waals surface area contributed by atoms with E-state index >= 15 is 0 Å². The summed E-state index contributed by atoms with van der Waals surface area (Å²) in [4.78, 5) is 14.7. The molecule has 0 aliphatic carbocycles. The summed E-state index contributed by atoms with van der Waals surface area (Å²) in [7, 11) is 0. The van der Waals surface area contributed by atoms with Crippen LogP contribution in [0.4, 0.5) is 11.5 Å². The molecule has 1 aliphatic rings. The lowest BCUT2D eigenvalue weighted by molar-refractivity contribution is 0.648. The van der Waals surface area contributed by atoms with Gasteiger partial charge in [0, 0.05) is 47.8 Å². The summed E-state index contributed by atoms with van der Waals surface area (Å²) in [5.41, 5.74) is 5.92. The summed E-state index contributed by atoms with van der Waals surface area (Å²) in [6.45, 7) is 8.14. The molecule has 0 amide bonds. The Kier molecular flexibility index (Phi) is 5.24. The van der Waals surface area contributed by atoms with Crippen molar-refractivity contribution in [3.63, 3.8) is 0 Å². The number of benzene rings is 3. The second-order valence-electron chi connectivity index (χ2n) is 8.16. The van der Waals surface area contributed by atoms with E-state index in [1.807, 2.05) is 30.3 Å². The van der Waals surface area contributed by atoms with Crippen LogP contribution in [-0.4, -0.2) is 36.1 Å². The van der Waals surface area contributed by atoms with Gasteiger partial charge in [-0.2, -0.15) is 0 Å². The van der Waals surface area contributed by atoms with Crippen LogP contribution in [0.1, 0.15) is 11.1 Å². The zero-order valence-corrected chi connectivity index (χ0v) is 18.6. The van der Waals surface area contributed by atoms with Crippen LogP contribution in [0.15, 0.2) is 66.7 Å².